The first-order chi connectivity index (χ1) is 7.81. The number of nitrogens with two attached hydrogens (primary N) is 1. The number of nitrogens with zero attached hydrogens (tertiary/aromatic N) is 3. The minimum Gasteiger partial charge on any atom is -0.396 e. The van der Waals surface area contributed by atoms with Gasteiger partial charge in [-0.1, -0.05) is 4.49 Å². The Balaban J connectivity index is 1.91. The summed E-state index contributed by atoms with van der Waals surface area (Å²) in [6.45, 7) is 2.19. The molecule has 3 N–H and O–H groups in total. The van der Waals surface area contributed by atoms with Gasteiger partial charge in [-0.25, -0.2) is 0 Å². The van der Waals surface area contributed by atoms with E-state index in [1.165, 1.54) is 24.4 Å². The molecule has 1 unspecified atom stereocenters. The topological polar surface area (TPSA) is 75.3 Å². The SMILES string of the molecule is Nc1snnc1CN1CCCC1CCCO. The highest BCUT2D eigenvalue weighted by atomic mass is 32.1. The van der Waals surface area contributed by atoms with Crippen LogP contribution in [0.15, 0.2) is 0 Å². The largest absolute Gasteiger partial charge is 0.396 e. The number of hydrogen-bond acceptors (Lipinski definition) is 6. The molecule has 0 aromatic carbocycles. The van der Waals surface area contributed by atoms with Crippen LogP contribution in [0.4, 0.5) is 5.00 Å². The molecule has 16 heavy (non-hydrogen) atoms. The van der Waals surface area contributed by atoms with E-state index in [0.29, 0.717) is 6.04 Å². The van der Waals surface area contributed by atoms with Gasteiger partial charge in [0.05, 0.1) is 0 Å². The lowest BCUT2D eigenvalue weighted by atomic mass is 10.1. The van der Waals surface area contributed by atoms with E-state index < -0.39 is 0 Å². The number of aromatic nitrogens is 2. The molecule has 1 aromatic heterocycles. The van der Waals surface area contributed by atoms with Crippen LogP contribution in [-0.4, -0.2) is 38.8 Å². The Morgan fingerprint density at radius 1 is 1.56 bits per heavy atom. The normalized spacial score (nSPS) is 21.7. The number of aliphatic hydroxyl groups excluding tert-OH is 1. The molecule has 0 amide bonds. The zero-order chi connectivity index (χ0) is 11.4. The van der Waals surface area contributed by atoms with Gasteiger partial charge in [0.2, 0.25) is 0 Å². The highest BCUT2D eigenvalue weighted by Gasteiger charge is 2.25. The van der Waals surface area contributed by atoms with Crippen molar-refractivity contribution in [1.29, 1.82) is 0 Å². The van der Waals surface area contributed by atoms with Gasteiger partial charge in [0, 0.05) is 30.7 Å². The van der Waals surface area contributed by atoms with Gasteiger partial charge in [-0.2, -0.15) is 0 Å². The Labute approximate surface area is 99.4 Å². The molecule has 6 heteroatoms. The second-order valence-corrected chi connectivity index (χ2v) is 5.00. The monoisotopic (exact) mass is 242 g/mol. The summed E-state index contributed by atoms with van der Waals surface area (Å²) >= 11 is 1.26. The van der Waals surface area contributed by atoms with Crippen molar-refractivity contribution in [3.8, 4) is 0 Å². The molecule has 0 saturated carbocycles. The van der Waals surface area contributed by atoms with Gasteiger partial charge in [0.25, 0.3) is 0 Å². The maximum absolute atomic E-state index is 8.85. The van der Waals surface area contributed by atoms with Crippen LogP contribution in [0.5, 0.6) is 0 Å². The summed E-state index contributed by atoms with van der Waals surface area (Å²) in [4.78, 5) is 2.41. The molecular weight excluding hydrogens is 224 g/mol. The molecule has 5 nitrogen and oxygen atoms in total. The summed E-state index contributed by atoms with van der Waals surface area (Å²) in [5, 5.41) is 13.6. The third-order valence-electron chi connectivity index (χ3n) is 3.13. The van der Waals surface area contributed by atoms with Crippen molar-refractivity contribution in [2.45, 2.75) is 38.3 Å². The maximum atomic E-state index is 8.85. The van der Waals surface area contributed by atoms with Crippen molar-refractivity contribution in [3.05, 3.63) is 5.69 Å². The first-order valence-electron chi connectivity index (χ1n) is 5.73. The van der Waals surface area contributed by atoms with Gasteiger partial charge in [0.1, 0.15) is 10.7 Å². The van der Waals surface area contributed by atoms with E-state index in [0.717, 1.165) is 36.6 Å². The zero-order valence-corrected chi connectivity index (χ0v) is 10.1. The number of nitrogen functional groups attached to an aromatic ring is 1. The predicted octanol–water partition coefficient (Wildman–Crippen LogP) is 0.857. The van der Waals surface area contributed by atoms with E-state index in [9.17, 15) is 0 Å². The lowest BCUT2D eigenvalue weighted by molar-refractivity contribution is 0.208. The molecule has 1 aliphatic rings. The van der Waals surface area contributed by atoms with E-state index in [1.807, 2.05) is 0 Å². The van der Waals surface area contributed by atoms with Crippen molar-refractivity contribution in [1.82, 2.24) is 14.5 Å². The highest BCUT2D eigenvalue weighted by molar-refractivity contribution is 7.09. The standard InChI is InChI=1S/C10H18N4OS/c11-10-9(12-13-16-10)7-14-5-1-3-8(14)4-2-6-15/h8,15H,1-7,11H2. The summed E-state index contributed by atoms with van der Waals surface area (Å²) in [5.74, 6) is 0. The summed E-state index contributed by atoms with van der Waals surface area (Å²) < 4.78 is 3.85. The molecule has 0 radical (unpaired) electrons. The van der Waals surface area contributed by atoms with Crippen LogP contribution in [0.1, 0.15) is 31.4 Å². The fraction of sp³-hybridized carbons (Fsp3) is 0.800. The Morgan fingerprint density at radius 2 is 2.44 bits per heavy atom. The summed E-state index contributed by atoms with van der Waals surface area (Å²) in [5.41, 5.74) is 6.69. The zero-order valence-electron chi connectivity index (χ0n) is 9.30. The van der Waals surface area contributed by atoms with E-state index in [2.05, 4.69) is 14.5 Å². The van der Waals surface area contributed by atoms with Crippen molar-refractivity contribution < 1.29 is 5.11 Å². The molecule has 1 saturated heterocycles. The van der Waals surface area contributed by atoms with Crippen LogP contribution in [0.3, 0.4) is 0 Å². The Hall–Kier alpha value is -0.720. The first-order valence-corrected chi connectivity index (χ1v) is 6.50. The van der Waals surface area contributed by atoms with Crippen LogP contribution in [0.2, 0.25) is 0 Å². The van der Waals surface area contributed by atoms with Gasteiger partial charge in [-0.05, 0) is 32.2 Å². The van der Waals surface area contributed by atoms with Crippen LogP contribution in [0, 0.1) is 0 Å². The predicted molar refractivity (Wildman–Crippen MR) is 64.1 cm³/mol. The minimum atomic E-state index is 0.282. The van der Waals surface area contributed by atoms with Gasteiger partial charge in [-0.3, -0.25) is 4.90 Å². The molecule has 0 aliphatic carbocycles. The van der Waals surface area contributed by atoms with Crippen molar-refractivity contribution in [2.24, 2.45) is 0 Å². The smallest absolute Gasteiger partial charge is 0.132 e. The fourth-order valence-electron chi connectivity index (χ4n) is 2.27. The van der Waals surface area contributed by atoms with Crippen molar-refractivity contribution in [2.75, 3.05) is 18.9 Å². The summed E-state index contributed by atoms with van der Waals surface area (Å²) in [7, 11) is 0. The van der Waals surface area contributed by atoms with Crippen molar-refractivity contribution in [3.63, 3.8) is 0 Å². The number of rotatable bonds is 5. The van der Waals surface area contributed by atoms with Gasteiger partial charge < -0.3 is 10.8 Å². The Morgan fingerprint density at radius 3 is 3.12 bits per heavy atom. The van der Waals surface area contributed by atoms with Gasteiger partial charge in [0.15, 0.2) is 0 Å². The number of anilines is 1. The maximum Gasteiger partial charge on any atom is 0.132 e. The summed E-state index contributed by atoms with van der Waals surface area (Å²) in [6, 6.07) is 0.577. The van der Waals surface area contributed by atoms with Crippen LogP contribution < -0.4 is 5.73 Å². The van der Waals surface area contributed by atoms with Crippen LogP contribution in [0.25, 0.3) is 0 Å². The minimum absolute atomic E-state index is 0.282. The molecule has 1 atom stereocenters. The quantitative estimate of drug-likeness (QED) is 0.801. The van der Waals surface area contributed by atoms with Gasteiger partial charge >= 0.3 is 0 Å². The molecule has 0 spiro atoms. The van der Waals surface area contributed by atoms with Crippen LogP contribution in [-0.2, 0) is 6.54 Å². The second-order valence-electron chi connectivity index (χ2n) is 4.22. The lowest BCUT2D eigenvalue weighted by Gasteiger charge is -2.23. The molecule has 1 aliphatic heterocycles. The molecule has 2 rings (SSSR count). The first kappa shape index (κ1) is 11.8. The number of hydrogen-bond donors (Lipinski definition) is 2. The van der Waals surface area contributed by atoms with Crippen molar-refractivity contribution >= 4 is 16.5 Å². The van der Waals surface area contributed by atoms with E-state index in [-0.39, 0.29) is 6.61 Å². The highest BCUT2D eigenvalue weighted by Crippen LogP contribution is 2.25. The molecule has 1 aromatic rings. The number of likely N-dealkylation sites (tertiary alicyclic amines) is 1. The average molecular weight is 242 g/mol. The van der Waals surface area contributed by atoms with E-state index >= 15 is 0 Å². The van der Waals surface area contributed by atoms with E-state index in [1.54, 1.807) is 0 Å². The lowest BCUT2D eigenvalue weighted by Crippen LogP contribution is -2.29. The third kappa shape index (κ3) is 2.69. The Bertz CT molecular complexity index is 330. The molecule has 90 valence electrons. The Kier molecular flexibility index (Phi) is 4.09. The van der Waals surface area contributed by atoms with Gasteiger partial charge in [-0.15, -0.1) is 5.10 Å². The average Bonchev–Trinajstić information content (AvgIpc) is 2.87. The molecule has 0 bridgehead atoms. The van der Waals surface area contributed by atoms with Crippen LogP contribution >= 0.6 is 11.5 Å². The fourth-order valence-corrected chi connectivity index (χ4v) is 2.71. The molecular formula is C10H18N4OS. The number of aliphatic hydroxyl groups is 1. The van der Waals surface area contributed by atoms with E-state index in [4.69, 9.17) is 10.8 Å². The second kappa shape index (κ2) is 5.56. The molecule has 2 heterocycles. The summed E-state index contributed by atoms with van der Waals surface area (Å²) in [6.07, 6.45) is 4.39. The molecule has 1 fully saturated rings. The third-order valence-corrected chi connectivity index (χ3v) is 3.73.